The van der Waals surface area contributed by atoms with Crippen molar-refractivity contribution in [2.24, 2.45) is 5.73 Å². The van der Waals surface area contributed by atoms with Crippen LogP contribution in [-0.2, 0) is 16.1 Å². The standard InChI is InChI=1S/C28H22N2O5/c29-27(33)26(32)23-22-20(25(31)28(34)35)11-6-12-21(22)30(24(23)17-13-14-17)15-18-9-4-5-10-19(18)16-7-2-1-3-8-16/h1-12,17H,13-15H2,(H2,29,33)(H,34,35). The Morgan fingerprint density at radius 2 is 1.54 bits per heavy atom. The van der Waals surface area contributed by atoms with Crippen molar-refractivity contribution >= 4 is 34.3 Å². The predicted molar refractivity (Wildman–Crippen MR) is 130 cm³/mol. The zero-order valence-electron chi connectivity index (χ0n) is 18.7. The molecular weight excluding hydrogens is 444 g/mol. The molecule has 7 nitrogen and oxygen atoms in total. The molecule has 3 aromatic carbocycles. The molecule has 1 aliphatic carbocycles. The number of Topliss-reactive ketones (excluding diaryl/α,β-unsaturated/α-hetero) is 2. The Kier molecular flexibility index (Phi) is 5.53. The number of benzene rings is 3. The maximum atomic E-state index is 13.1. The van der Waals surface area contributed by atoms with Gasteiger partial charge in [-0.05, 0) is 41.7 Å². The molecule has 1 saturated carbocycles. The number of nitrogens with zero attached hydrogens (tertiary/aromatic N) is 1. The van der Waals surface area contributed by atoms with Gasteiger partial charge in [0, 0.05) is 29.1 Å². The van der Waals surface area contributed by atoms with Gasteiger partial charge in [0.15, 0.2) is 0 Å². The van der Waals surface area contributed by atoms with Crippen LogP contribution in [0, 0.1) is 0 Å². The third kappa shape index (κ3) is 3.91. The van der Waals surface area contributed by atoms with Crippen LogP contribution in [0.4, 0.5) is 0 Å². The summed E-state index contributed by atoms with van der Waals surface area (Å²) in [6, 6.07) is 22.5. The topological polar surface area (TPSA) is 119 Å². The van der Waals surface area contributed by atoms with Gasteiger partial charge in [0.25, 0.3) is 17.5 Å². The SMILES string of the molecule is NC(=O)C(=O)c1c(C2CC2)n(Cc2ccccc2-c2ccccc2)c2cccc(C(=O)C(=O)O)c12. The van der Waals surface area contributed by atoms with Crippen LogP contribution in [0.2, 0.25) is 0 Å². The number of rotatable bonds is 8. The summed E-state index contributed by atoms with van der Waals surface area (Å²) in [5, 5.41) is 9.57. The first-order valence-electron chi connectivity index (χ1n) is 11.3. The van der Waals surface area contributed by atoms with E-state index in [0.29, 0.717) is 17.8 Å². The Morgan fingerprint density at radius 3 is 2.20 bits per heavy atom. The summed E-state index contributed by atoms with van der Waals surface area (Å²) < 4.78 is 1.93. The second-order valence-corrected chi connectivity index (χ2v) is 8.67. The van der Waals surface area contributed by atoms with Gasteiger partial charge in [-0.1, -0.05) is 60.7 Å². The molecule has 0 radical (unpaired) electrons. The van der Waals surface area contributed by atoms with Crippen molar-refractivity contribution in [3.63, 3.8) is 0 Å². The van der Waals surface area contributed by atoms with Gasteiger partial charge in [0.1, 0.15) is 0 Å². The van der Waals surface area contributed by atoms with E-state index in [-0.39, 0.29) is 22.4 Å². The maximum absolute atomic E-state index is 13.1. The molecule has 1 aliphatic rings. The number of primary amides is 1. The smallest absolute Gasteiger partial charge is 0.377 e. The number of carbonyl (C=O) groups excluding carboxylic acids is 3. The lowest BCUT2D eigenvalue weighted by Crippen LogP contribution is -2.24. The molecule has 4 aromatic rings. The first-order chi connectivity index (χ1) is 16.9. The van der Waals surface area contributed by atoms with Gasteiger partial charge in [-0.2, -0.15) is 0 Å². The number of aliphatic carboxylic acids is 1. The number of carbonyl (C=O) groups is 4. The molecule has 1 fully saturated rings. The van der Waals surface area contributed by atoms with Gasteiger partial charge < -0.3 is 15.4 Å². The molecule has 0 atom stereocenters. The number of aromatic nitrogens is 1. The summed E-state index contributed by atoms with van der Waals surface area (Å²) in [6.07, 6.45) is 1.63. The average Bonchev–Trinajstić information content (AvgIpc) is 3.66. The molecule has 0 bridgehead atoms. The Bertz CT molecular complexity index is 1510. The van der Waals surface area contributed by atoms with E-state index < -0.39 is 23.4 Å². The molecule has 0 unspecified atom stereocenters. The molecule has 174 valence electrons. The Balaban J connectivity index is 1.79. The molecule has 3 N–H and O–H groups in total. The van der Waals surface area contributed by atoms with E-state index in [1.54, 1.807) is 12.1 Å². The molecule has 0 saturated heterocycles. The number of ketones is 2. The van der Waals surface area contributed by atoms with E-state index in [1.807, 2.05) is 59.2 Å². The zero-order chi connectivity index (χ0) is 24.7. The first-order valence-corrected chi connectivity index (χ1v) is 11.3. The highest BCUT2D eigenvalue weighted by molar-refractivity contribution is 6.48. The number of fused-ring (bicyclic) bond motifs is 1. The summed E-state index contributed by atoms with van der Waals surface area (Å²) in [5.74, 6) is -4.83. The van der Waals surface area contributed by atoms with Crippen molar-refractivity contribution in [2.75, 3.05) is 0 Å². The van der Waals surface area contributed by atoms with Crippen molar-refractivity contribution in [1.29, 1.82) is 0 Å². The van der Waals surface area contributed by atoms with Crippen LogP contribution in [0.1, 0.15) is 50.7 Å². The highest BCUT2D eigenvalue weighted by atomic mass is 16.4. The molecule has 0 spiro atoms. The molecular formula is C28H22N2O5. The average molecular weight is 466 g/mol. The highest BCUT2D eigenvalue weighted by Crippen LogP contribution is 2.46. The maximum Gasteiger partial charge on any atom is 0.377 e. The largest absolute Gasteiger partial charge is 0.475 e. The number of hydrogen-bond donors (Lipinski definition) is 2. The minimum atomic E-state index is -1.63. The van der Waals surface area contributed by atoms with E-state index in [0.717, 1.165) is 29.5 Å². The number of hydrogen-bond acceptors (Lipinski definition) is 4. The minimum absolute atomic E-state index is 0.0115. The van der Waals surface area contributed by atoms with Gasteiger partial charge in [-0.3, -0.25) is 14.4 Å². The van der Waals surface area contributed by atoms with Gasteiger partial charge in [0.05, 0.1) is 11.1 Å². The van der Waals surface area contributed by atoms with Crippen molar-refractivity contribution in [2.45, 2.75) is 25.3 Å². The molecule has 7 heteroatoms. The van der Waals surface area contributed by atoms with Crippen LogP contribution in [0.25, 0.3) is 22.0 Å². The van der Waals surface area contributed by atoms with Crippen molar-refractivity contribution < 1.29 is 24.3 Å². The van der Waals surface area contributed by atoms with Crippen LogP contribution in [0.5, 0.6) is 0 Å². The summed E-state index contributed by atoms with van der Waals surface area (Å²) in [7, 11) is 0. The van der Waals surface area contributed by atoms with E-state index in [4.69, 9.17) is 5.73 Å². The molecule has 0 aliphatic heterocycles. The molecule has 1 heterocycles. The molecule has 35 heavy (non-hydrogen) atoms. The van der Waals surface area contributed by atoms with E-state index in [9.17, 15) is 24.3 Å². The van der Waals surface area contributed by atoms with Crippen LogP contribution >= 0.6 is 0 Å². The molecule has 1 amide bonds. The summed E-state index contributed by atoms with van der Waals surface area (Å²) >= 11 is 0. The monoisotopic (exact) mass is 466 g/mol. The Hall–Kier alpha value is -4.52. The van der Waals surface area contributed by atoms with Crippen LogP contribution in [0.3, 0.4) is 0 Å². The third-order valence-electron chi connectivity index (χ3n) is 6.41. The van der Waals surface area contributed by atoms with Crippen LogP contribution < -0.4 is 5.73 Å². The fourth-order valence-corrected chi connectivity index (χ4v) is 4.76. The first kappa shape index (κ1) is 22.3. The molecule has 1 aromatic heterocycles. The third-order valence-corrected chi connectivity index (χ3v) is 6.41. The van der Waals surface area contributed by atoms with Crippen molar-refractivity contribution in [1.82, 2.24) is 4.57 Å². The summed E-state index contributed by atoms with van der Waals surface area (Å²) in [4.78, 5) is 49.2. The second-order valence-electron chi connectivity index (χ2n) is 8.67. The minimum Gasteiger partial charge on any atom is -0.475 e. The van der Waals surface area contributed by atoms with E-state index in [2.05, 4.69) is 0 Å². The van der Waals surface area contributed by atoms with Crippen LogP contribution in [-0.4, -0.2) is 33.1 Å². The van der Waals surface area contributed by atoms with Gasteiger partial charge in [-0.25, -0.2) is 4.79 Å². The summed E-state index contributed by atoms with van der Waals surface area (Å²) in [6.45, 7) is 0.365. The fourth-order valence-electron chi connectivity index (χ4n) is 4.76. The number of amides is 1. The van der Waals surface area contributed by atoms with Gasteiger partial charge in [0.2, 0.25) is 0 Å². The van der Waals surface area contributed by atoms with Crippen molar-refractivity contribution in [3.8, 4) is 11.1 Å². The summed E-state index contributed by atoms with van der Waals surface area (Å²) in [5.41, 5.74) is 9.47. The van der Waals surface area contributed by atoms with Gasteiger partial charge >= 0.3 is 5.97 Å². The lowest BCUT2D eigenvalue weighted by atomic mass is 9.97. The molecule has 5 rings (SSSR count). The van der Waals surface area contributed by atoms with Gasteiger partial charge in [-0.15, -0.1) is 0 Å². The second kappa shape index (κ2) is 8.68. The number of carboxylic acid groups (broad SMARTS) is 1. The Labute approximate surface area is 200 Å². The van der Waals surface area contributed by atoms with Crippen molar-refractivity contribution in [3.05, 3.63) is 95.2 Å². The number of carboxylic acids is 1. The van der Waals surface area contributed by atoms with Crippen LogP contribution in [0.15, 0.2) is 72.8 Å². The van der Waals surface area contributed by atoms with E-state index in [1.165, 1.54) is 6.07 Å². The quantitative estimate of drug-likeness (QED) is 0.298. The van der Waals surface area contributed by atoms with E-state index >= 15 is 0 Å². The lowest BCUT2D eigenvalue weighted by molar-refractivity contribution is -0.131. The highest BCUT2D eigenvalue weighted by Gasteiger charge is 2.37. The predicted octanol–water partition coefficient (Wildman–Crippen LogP) is 4.17. The fraction of sp³-hybridized carbons (Fsp3) is 0.143. The Morgan fingerprint density at radius 1 is 0.857 bits per heavy atom. The zero-order valence-corrected chi connectivity index (χ0v) is 18.7. The number of nitrogens with two attached hydrogens (primary N) is 1. The normalized spacial score (nSPS) is 13.0. The lowest BCUT2D eigenvalue weighted by Gasteiger charge is -2.15.